The van der Waals surface area contributed by atoms with Crippen molar-refractivity contribution in [3.05, 3.63) is 34.3 Å². The van der Waals surface area contributed by atoms with E-state index in [0.29, 0.717) is 6.07 Å². The molecule has 0 aliphatic heterocycles. The fourth-order valence-corrected chi connectivity index (χ4v) is 1.33. The van der Waals surface area contributed by atoms with Gasteiger partial charge in [-0.1, -0.05) is 28.4 Å². The van der Waals surface area contributed by atoms with Crippen LogP contribution in [0.3, 0.4) is 0 Å². The number of nitrogens with zero attached hydrogens (tertiary/aromatic N) is 1. The maximum Gasteiger partial charge on any atom is 0.416 e. The van der Waals surface area contributed by atoms with Crippen LogP contribution in [-0.2, 0) is 6.18 Å². The van der Waals surface area contributed by atoms with Crippen LogP contribution in [0.1, 0.15) is 11.1 Å². The molecule has 2 nitrogen and oxygen atoms in total. The van der Waals surface area contributed by atoms with Crippen LogP contribution in [-0.4, -0.2) is 10.4 Å². The van der Waals surface area contributed by atoms with Crippen LogP contribution in [0.2, 0.25) is 5.02 Å². The molecule has 0 spiro atoms. The van der Waals surface area contributed by atoms with E-state index < -0.39 is 16.9 Å². The molecule has 1 N–H and O–H groups in total. The summed E-state index contributed by atoms with van der Waals surface area (Å²) in [6.45, 7) is 0. The third kappa shape index (κ3) is 2.76. The van der Waals surface area contributed by atoms with Crippen molar-refractivity contribution in [2.24, 2.45) is 5.16 Å². The van der Waals surface area contributed by atoms with Gasteiger partial charge in [0.05, 0.1) is 10.6 Å². The van der Waals surface area contributed by atoms with Gasteiger partial charge in [-0.25, -0.2) is 0 Å². The topological polar surface area (TPSA) is 32.6 Å². The number of halogens is 5. The van der Waals surface area contributed by atoms with E-state index >= 15 is 0 Å². The Labute approximate surface area is 92.9 Å². The summed E-state index contributed by atoms with van der Waals surface area (Å²) < 4.78 is 36.8. The first-order chi connectivity index (χ1) is 6.86. The van der Waals surface area contributed by atoms with Crippen molar-refractivity contribution >= 4 is 28.4 Å². The van der Waals surface area contributed by atoms with Gasteiger partial charge in [-0.3, -0.25) is 0 Å². The van der Waals surface area contributed by atoms with E-state index in [1.165, 1.54) is 0 Å². The zero-order valence-corrected chi connectivity index (χ0v) is 8.53. The molecule has 82 valence electrons. The van der Waals surface area contributed by atoms with Crippen molar-refractivity contribution in [1.29, 1.82) is 0 Å². The fourth-order valence-electron chi connectivity index (χ4n) is 0.914. The predicted molar refractivity (Wildman–Crippen MR) is 50.6 cm³/mol. The summed E-state index contributed by atoms with van der Waals surface area (Å²) in [5, 5.41) is 10.4. The minimum absolute atomic E-state index is 0.0224. The van der Waals surface area contributed by atoms with Gasteiger partial charge in [0.25, 0.3) is 0 Å². The van der Waals surface area contributed by atoms with E-state index in [2.05, 4.69) is 5.16 Å². The van der Waals surface area contributed by atoms with E-state index in [4.69, 9.17) is 28.4 Å². The molecule has 0 atom stereocenters. The first kappa shape index (κ1) is 12.1. The monoisotopic (exact) mass is 257 g/mol. The maximum absolute atomic E-state index is 12.3. The molecule has 1 aromatic rings. The highest BCUT2D eigenvalue weighted by atomic mass is 35.5. The van der Waals surface area contributed by atoms with Crippen molar-refractivity contribution in [1.82, 2.24) is 0 Å². The summed E-state index contributed by atoms with van der Waals surface area (Å²) in [5.41, 5.74) is -1.08. The molecule has 0 bridgehead atoms. The highest BCUT2D eigenvalue weighted by Gasteiger charge is 2.31. The number of hydrogen-bond acceptors (Lipinski definition) is 2. The second-order valence-corrected chi connectivity index (χ2v) is 3.35. The van der Waals surface area contributed by atoms with Gasteiger partial charge in [0.2, 0.25) is 0 Å². The average Bonchev–Trinajstić information content (AvgIpc) is 2.15. The second-order valence-electron chi connectivity index (χ2n) is 2.58. The minimum atomic E-state index is -4.49. The van der Waals surface area contributed by atoms with Gasteiger partial charge in [-0.05, 0) is 18.2 Å². The average molecular weight is 258 g/mol. The summed E-state index contributed by atoms with van der Waals surface area (Å²) in [4.78, 5) is 0. The molecule has 0 amide bonds. The number of oxime groups is 1. The van der Waals surface area contributed by atoms with Gasteiger partial charge in [0.15, 0.2) is 5.17 Å². The lowest BCUT2D eigenvalue weighted by Gasteiger charge is -2.08. The van der Waals surface area contributed by atoms with Crippen LogP contribution in [0.25, 0.3) is 0 Å². The zero-order valence-electron chi connectivity index (χ0n) is 7.02. The number of alkyl halides is 3. The SMILES string of the molecule is O/N=C(/Cl)c1cc(C(F)(F)F)ccc1Cl. The largest absolute Gasteiger partial charge is 0.416 e. The second kappa shape index (κ2) is 4.28. The van der Waals surface area contributed by atoms with Crippen molar-refractivity contribution in [3.63, 3.8) is 0 Å². The van der Waals surface area contributed by atoms with E-state index in [-0.39, 0.29) is 10.6 Å². The van der Waals surface area contributed by atoms with Gasteiger partial charge in [-0.15, -0.1) is 0 Å². The molecule has 15 heavy (non-hydrogen) atoms. The van der Waals surface area contributed by atoms with E-state index in [9.17, 15) is 13.2 Å². The molecule has 0 fully saturated rings. The van der Waals surface area contributed by atoms with Gasteiger partial charge in [0.1, 0.15) is 0 Å². The summed E-state index contributed by atoms with van der Waals surface area (Å²) in [6, 6.07) is 2.56. The van der Waals surface area contributed by atoms with Crippen LogP contribution < -0.4 is 0 Å². The van der Waals surface area contributed by atoms with Crippen LogP contribution in [0.4, 0.5) is 13.2 Å². The Bertz CT molecular complexity index is 403. The Morgan fingerprint density at radius 1 is 1.33 bits per heavy atom. The van der Waals surface area contributed by atoms with Crippen molar-refractivity contribution in [3.8, 4) is 0 Å². The molecule has 0 saturated carbocycles. The van der Waals surface area contributed by atoms with Crippen molar-refractivity contribution in [2.75, 3.05) is 0 Å². The molecule has 1 rings (SSSR count). The van der Waals surface area contributed by atoms with Gasteiger partial charge >= 0.3 is 6.18 Å². The van der Waals surface area contributed by atoms with E-state index in [0.717, 1.165) is 12.1 Å². The molecular weight excluding hydrogens is 254 g/mol. The predicted octanol–water partition coefficient (Wildman–Crippen LogP) is 3.73. The van der Waals surface area contributed by atoms with Crippen LogP contribution in [0.5, 0.6) is 0 Å². The molecule has 7 heteroatoms. The zero-order chi connectivity index (χ0) is 11.6. The normalized spacial score (nSPS) is 13.0. The Kier molecular flexibility index (Phi) is 3.46. The first-order valence-electron chi connectivity index (χ1n) is 3.61. The lowest BCUT2D eigenvalue weighted by molar-refractivity contribution is -0.137. The molecule has 0 saturated heterocycles. The smallest absolute Gasteiger partial charge is 0.410 e. The Hall–Kier alpha value is -0.940. The highest BCUT2D eigenvalue weighted by Crippen LogP contribution is 2.32. The molecule has 1 aromatic carbocycles. The first-order valence-corrected chi connectivity index (χ1v) is 4.36. The summed E-state index contributed by atoms with van der Waals surface area (Å²) in [6.07, 6.45) is -4.49. The Balaban J connectivity index is 3.29. The third-order valence-electron chi connectivity index (χ3n) is 1.60. The summed E-state index contributed by atoms with van der Waals surface area (Å²) >= 11 is 10.9. The Morgan fingerprint density at radius 2 is 1.93 bits per heavy atom. The Morgan fingerprint density at radius 3 is 2.40 bits per heavy atom. The highest BCUT2D eigenvalue weighted by molar-refractivity contribution is 6.70. The number of rotatable bonds is 1. The number of hydrogen-bond donors (Lipinski definition) is 1. The molecule has 0 aliphatic rings. The van der Waals surface area contributed by atoms with Crippen LogP contribution in [0.15, 0.2) is 23.4 Å². The molecule has 0 radical (unpaired) electrons. The van der Waals surface area contributed by atoms with E-state index in [1.807, 2.05) is 0 Å². The van der Waals surface area contributed by atoms with Gasteiger partial charge < -0.3 is 5.21 Å². The quantitative estimate of drug-likeness (QED) is 0.464. The lowest BCUT2D eigenvalue weighted by atomic mass is 10.1. The fraction of sp³-hybridized carbons (Fsp3) is 0.125. The maximum atomic E-state index is 12.3. The van der Waals surface area contributed by atoms with E-state index in [1.54, 1.807) is 0 Å². The lowest BCUT2D eigenvalue weighted by Crippen LogP contribution is -2.06. The van der Waals surface area contributed by atoms with Crippen LogP contribution >= 0.6 is 23.2 Å². The van der Waals surface area contributed by atoms with Gasteiger partial charge in [0, 0.05) is 5.56 Å². The molecular formula is C8H4Cl2F3NO. The van der Waals surface area contributed by atoms with Crippen LogP contribution in [0, 0.1) is 0 Å². The standard InChI is InChI=1S/C8H4Cl2F3NO/c9-6-2-1-4(8(11,12)13)3-5(6)7(10)14-15/h1-3,15H/b14-7+. The van der Waals surface area contributed by atoms with Crippen molar-refractivity contribution in [2.45, 2.75) is 6.18 Å². The molecule has 0 aliphatic carbocycles. The molecule has 0 heterocycles. The summed E-state index contributed by atoms with van der Waals surface area (Å²) in [7, 11) is 0. The summed E-state index contributed by atoms with van der Waals surface area (Å²) in [5.74, 6) is 0. The number of benzene rings is 1. The third-order valence-corrected chi connectivity index (χ3v) is 2.21. The molecule has 0 aromatic heterocycles. The minimum Gasteiger partial charge on any atom is -0.410 e. The van der Waals surface area contributed by atoms with Crippen molar-refractivity contribution < 1.29 is 18.4 Å². The molecule has 0 unspecified atom stereocenters. The van der Waals surface area contributed by atoms with Gasteiger partial charge in [-0.2, -0.15) is 13.2 Å².